The maximum absolute atomic E-state index is 12.7. The molecule has 0 bridgehead atoms. The fourth-order valence-corrected chi connectivity index (χ4v) is 6.74. The zero-order chi connectivity index (χ0) is 46.9. The monoisotopic (exact) mass is 870 g/mol. The molecular weight excluding hydrogens is 806 g/mol. The number of ketones is 2. The lowest BCUT2D eigenvalue weighted by Gasteiger charge is -2.22. The molecule has 4 rings (SSSR count). The van der Waals surface area contributed by atoms with Crippen molar-refractivity contribution in [1.29, 1.82) is 0 Å². The highest BCUT2D eigenvalue weighted by Crippen LogP contribution is 2.25. The predicted octanol–water partition coefficient (Wildman–Crippen LogP) is 8.31. The summed E-state index contributed by atoms with van der Waals surface area (Å²) in [5, 5.41) is 9.73. The molecular formula is C47H65F3N4O8. The Kier molecular flexibility index (Phi) is 20.8. The summed E-state index contributed by atoms with van der Waals surface area (Å²) >= 11 is 0. The number of benzene rings is 2. The van der Waals surface area contributed by atoms with E-state index in [9.17, 15) is 37.1 Å². The molecule has 2 aromatic carbocycles. The summed E-state index contributed by atoms with van der Waals surface area (Å²) in [5.41, 5.74) is 9.84. The second-order valence-electron chi connectivity index (χ2n) is 17.7. The number of halogens is 3. The molecule has 2 aliphatic heterocycles. The van der Waals surface area contributed by atoms with Crippen LogP contribution in [-0.4, -0.2) is 74.2 Å². The van der Waals surface area contributed by atoms with Gasteiger partial charge in [0.05, 0.1) is 12.1 Å². The number of fused-ring (bicyclic) bond motifs is 2. The highest BCUT2D eigenvalue weighted by molar-refractivity contribution is 5.90. The second-order valence-corrected chi connectivity index (χ2v) is 17.7. The van der Waals surface area contributed by atoms with Crippen LogP contribution in [0.3, 0.4) is 0 Å². The molecule has 0 unspecified atom stereocenters. The number of nitrogens with two attached hydrogens (primary N) is 1. The fraction of sp³-hybridized carbons (Fsp3) is 0.532. The van der Waals surface area contributed by atoms with E-state index in [-0.39, 0.29) is 41.6 Å². The van der Waals surface area contributed by atoms with E-state index in [1.54, 1.807) is 46.8 Å². The van der Waals surface area contributed by atoms with Crippen molar-refractivity contribution >= 4 is 35.4 Å². The molecule has 2 heterocycles. The second kappa shape index (κ2) is 24.4. The van der Waals surface area contributed by atoms with Crippen molar-refractivity contribution in [1.82, 2.24) is 15.1 Å². The summed E-state index contributed by atoms with van der Waals surface area (Å²) in [4.78, 5) is 74.2. The van der Waals surface area contributed by atoms with Gasteiger partial charge in [-0.3, -0.25) is 19.2 Å². The predicted molar refractivity (Wildman–Crippen MR) is 231 cm³/mol. The standard InChI is InChI=1S/C25H36N2O4.C20H28N2O2.C2HF3O2/c1-17(2)13-19(14-22(28)18(3)26-24(30)31-25(4,5)6)11-12-23(29)27-15-20-9-7-8-10-21(20)16-27;1-14(2)10-16(11-19(23)15(3)21)8-9-20(24)22-12-17-6-4-5-7-18(17)13-22;3-2(4,5)1(6)7/h7-12,17-19H,13-16H2,1-6H3,(H,26,30);4-9,14-16H,10-13,21H2,1-3H3;(H,6,7)/b12-11+;9-8+;/t18-,19+;15-,16+;/m00./s1. The highest BCUT2D eigenvalue weighted by atomic mass is 19.4. The molecule has 62 heavy (non-hydrogen) atoms. The SMILES string of the molecule is CC(C)C[C@@H](/C=C/C(=O)N1Cc2ccccc2C1)CC(=O)[C@H](C)N.CC(C)C[C@@H](/C=C/C(=O)N1Cc2ccccc2C1)CC(=O)[C@H](C)NC(=O)OC(C)(C)C.O=C(O)C(F)(F)F. The summed E-state index contributed by atoms with van der Waals surface area (Å²) < 4.78 is 37.0. The molecule has 0 fully saturated rings. The van der Waals surface area contributed by atoms with Crippen molar-refractivity contribution in [2.75, 3.05) is 0 Å². The number of nitrogens with zero attached hydrogens (tertiary/aromatic N) is 2. The van der Waals surface area contributed by atoms with Gasteiger partial charge in [0.2, 0.25) is 11.8 Å². The van der Waals surface area contributed by atoms with Gasteiger partial charge in [-0.15, -0.1) is 0 Å². The molecule has 0 aromatic heterocycles. The zero-order valence-electron chi connectivity index (χ0n) is 37.5. The number of Topliss-reactive ketones (excluding diaryl/α,β-unsaturated/α-hetero) is 2. The van der Waals surface area contributed by atoms with Gasteiger partial charge in [0, 0.05) is 39.0 Å². The van der Waals surface area contributed by atoms with Crippen LogP contribution in [-0.2, 0) is 54.9 Å². The molecule has 2 aromatic rings. The number of carbonyl (C=O) groups excluding carboxylic acids is 5. The highest BCUT2D eigenvalue weighted by Gasteiger charge is 2.38. The van der Waals surface area contributed by atoms with Crippen LogP contribution in [0.1, 0.15) is 110 Å². The molecule has 4 N–H and O–H groups in total. The Morgan fingerprint density at radius 2 is 1.03 bits per heavy atom. The Morgan fingerprint density at radius 3 is 1.32 bits per heavy atom. The van der Waals surface area contributed by atoms with Gasteiger partial charge >= 0.3 is 18.2 Å². The Morgan fingerprint density at radius 1 is 0.694 bits per heavy atom. The number of ether oxygens (including phenoxy) is 1. The van der Waals surface area contributed by atoms with Crippen LogP contribution in [0.25, 0.3) is 0 Å². The number of aliphatic carboxylic acids is 1. The zero-order valence-corrected chi connectivity index (χ0v) is 37.5. The van der Waals surface area contributed by atoms with Crippen molar-refractivity contribution < 1.29 is 51.8 Å². The number of nitrogens with one attached hydrogen (secondary N) is 1. The maximum Gasteiger partial charge on any atom is 0.490 e. The number of carboxylic acid groups (broad SMARTS) is 1. The van der Waals surface area contributed by atoms with Crippen molar-refractivity contribution in [3.8, 4) is 0 Å². The van der Waals surface area contributed by atoms with Crippen molar-refractivity contribution in [2.45, 2.75) is 138 Å². The minimum Gasteiger partial charge on any atom is -0.475 e. The van der Waals surface area contributed by atoms with Crippen molar-refractivity contribution in [3.63, 3.8) is 0 Å². The lowest BCUT2D eigenvalue weighted by Crippen LogP contribution is -2.42. The molecule has 0 aliphatic carbocycles. The summed E-state index contributed by atoms with van der Waals surface area (Å²) in [6.45, 7) is 19.7. The number of carbonyl (C=O) groups is 6. The lowest BCUT2D eigenvalue weighted by molar-refractivity contribution is -0.192. The van der Waals surface area contributed by atoms with E-state index >= 15 is 0 Å². The van der Waals surface area contributed by atoms with Crippen LogP contribution in [0.5, 0.6) is 0 Å². The Labute approximate surface area is 364 Å². The van der Waals surface area contributed by atoms with Crippen molar-refractivity contribution in [3.05, 3.63) is 95.1 Å². The van der Waals surface area contributed by atoms with Crippen LogP contribution < -0.4 is 11.1 Å². The fourth-order valence-electron chi connectivity index (χ4n) is 6.74. The minimum atomic E-state index is -5.08. The van der Waals surface area contributed by atoms with E-state index in [4.69, 9.17) is 20.4 Å². The van der Waals surface area contributed by atoms with E-state index in [2.05, 4.69) is 45.1 Å². The van der Waals surface area contributed by atoms with E-state index in [0.29, 0.717) is 44.4 Å². The van der Waals surface area contributed by atoms with Crippen LogP contribution >= 0.6 is 0 Å². The molecule has 0 saturated heterocycles. The molecule has 0 radical (unpaired) electrons. The van der Waals surface area contributed by atoms with Gasteiger partial charge in [0.1, 0.15) is 11.4 Å². The quantitative estimate of drug-likeness (QED) is 0.149. The van der Waals surface area contributed by atoms with Gasteiger partial charge in [0.25, 0.3) is 0 Å². The summed E-state index contributed by atoms with van der Waals surface area (Å²) in [7, 11) is 0. The van der Waals surface area contributed by atoms with Gasteiger partial charge < -0.3 is 30.7 Å². The molecule has 0 saturated carbocycles. The largest absolute Gasteiger partial charge is 0.490 e. The van der Waals surface area contributed by atoms with Crippen LogP contribution in [0.2, 0.25) is 0 Å². The number of carboxylic acids is 1. The van der Waals surface area contributed by atoms with Gasteiger partial charge in [0.15, 0.2) is 5.78 Å². The number of rotatable bonds is 15. The topological polar surface area (TPSA) is 176 Å². The van der Waals surface area contributed by atoms with Crippen LogP contribution in [0.4, 0.5) is 18.0 Å². The van der Waals surface area contributed by atoms with E-state index < -0.39 is 35.9 Å². The normalized spacial score (nSPS) is 15.5. The molecule has 2 aliphatic rings. The number of alkyl halides is 3. The van der Waals surface area contributed by atoms with E-state index in [1.807, 2.05) is 58.4 Å². The Bertz CT molecular complexity index is 1850. The summed E-state index contributed by atoms with van der Waals surface area (Å²) in [6, 6.07) is 15.1. The smallest absolute Gasteiger partial charge is 0.475 e. The molecule has 4 atom stereocenters. The van der Waals surface area contributed by atoms with Gasteiger partial charge in [-0.05, 0) is 106 Å². The van der Waals surface area contributed by atoms with Gasteiger partial charge in [-0.25, -0.2) is 9.59 Å². The third-order valence-electron chi connectivity index (χ3n) is 9.77. The van der Waals surface area contributed by atoms with E-state index in [0.717, 1.165) is 12.8 Å². The Balaban J connectivity index is 0.000000378. The van der Waals surface area contributed by atoms with Crippen molar-refractivity contribution in [2.24, 2.45) is 29.4 Å². The number of alkyl carbamates (subject to hydrolysis) is 1. The maximum atomic E-state index is 12.7. The third kappa shape index (κ3) is 19.6. The summed E-state index contributed by atoms with van der Waals surface area (Å²) in [5.74, 6) is -1.98. The molecule has 342 valence electrons. The molecule has 15 heteroatoms. The first-order valence-corrected chi connectivity index (χ1v) is 20.9. The van der Waals surface area contributed by atoms with Gasteiger partial charge in [-0.1, -0.05) is 88.4 Å². The lowest BCUT2D eigenvalue weighted by atomic mass is 9.90. The number of amides is 3. The third-order valence-corrected chi connectivity index (χ3v) is 9.77. The molecule has 12 nitrogen and oxygen atoms in total. The first-order valence-electron chi connectivity index (χ1n) is 20.9. The first-order chi connectivity index (χ1) is 28.7. The summed E-state index contributed by atoms with van der Waals surface area (Å²) in [6.07, 6.45) is 3.62. The Hall–Kier alpha value is -5.31. The van der Waals surface area contributed by atoms with E-state index in [1.165, 1.54) is 22.3 Å². The first kappa shape index (κ1) is 52.8. The minimum absolute atomic E-state index is 0.00759. The number of hydrogen-bond acceptors (Lipinski definition) is 8. The number of allylic oxidation sites excluding steroid dienone is 2. The average molecular weight is 871 g/mol. The molecule has 3 amide bonds. The molecule has 0 spiro atoms. The number of hydrogen-bond donors (Lipinski definition) is 3. The average Bonchev–Trinajstić information content (AvgIpc) is 3.80. The van der Waals surface area contributed by atoms with Crippen LogP contribution in [0.15, 0.2) is 72.8 Å². The van der Waals surface area contributed by atoms with Gasteiger partial charge in [-0.2, -0.15) is 13.2 Å². The van der Waals surface area contributed by atoms with Crippen LogP contribution in [0, 0.1) is 23.7 Å².